The molecule has 2 aromatic rings. The summed E-state index contributed by atoms with van der Waals surface area (Å²) in [7, 11) is 1.38. The Labute approximate surface area is 155 Å². The number of rotatable bonds is 9. The van der Waals surface area contributed by atoms with Gasteiger partial charge in [-0.1, -0.05) is 67.6 Å². The van der Waals surface area contributed by atoms with Crippen molar-refractivity contribution in [1.82, 2.24) is 4.90 Å². The van der Waals surface area contributed by atoms with Gasteiger partial charge in [-0.3, -0.25) is 9.59 Å². The van der Waals surface area contributed by atoms with Crippen molar-refractivity contribution in [2.24, 2.45) is 5.92 Å². The Hall–Kier alpha value is -2.62. The molecule has 1 atom stereocenters. The molecule has 0 saturated heterocycles. The van der Waals surface area contributed by atoms with Gasteiger partial charge in [0.15, 0.2) is 0 Å². The first-order valence-electron chi connectivity index (χ1n) is 9.03. The Morgan fingerprint density at radius 1 is 0.923 bits per heavy atom. The fourth-order valence-electron chi connectivity index (χ4n) is 2.89. The second-order valence-electron chi connectivity index (χ2n) is 6.49. The van der Waals surface area contributed by atoms with Crippen molar-refractivity contribution in [2.45, 2.75) is 26.2 Å². The molecule has 0 spiro atoms. The highest BCUT2D eigenvalue weighted by Gasteiger charge is 2.21. The molecule has 0 aromatic heterocycles. The van der Waals surface area contributed by atoms with Crippen molar-refractivity contribution in [3.63, 3.8) is 0 Å². The van der Waals surface area contributed by atoms with Gasteiger partial charge in [0.05, 0.1) is 13.0 Å². The number of methoxy groups -OCH3 is 1. The minimum atomic E-state index is -0.337. The van der Waals surface area contributed by atoms with E-state index < -0.39 is 0 Å². The lowest BCUT2D eigenvalue weighted by Crippen LogP contribution is -2.38. The van der Waals surface area contributed by atoms with Gasteiger partial charge >= 0.3 is 5.97 Å². The zero-order valence-electron chi connectivity index (χ0n) is 15.6. The van der Waals surface area contributed by atoms with Crippen LogP contribution in [0.1, 0.15) is 24.5 Å². The maximum absolute atomic E-state index is 12.8. The smallest absolute Gasteiger partial charge is 0.310 e. The number of benzene rings is 2. The molecule has 2 aromatic carbocycles. The lowest BCUT2D eigenvalue weighted by atomic mass is 10.1. The van der Waals surface area contributed by atoms with Crippen LogP contribution in [0, 0.1) is 5.92 Å². The zero-order valence-corrected chi connectivity index (χ0v) is 15.6. The van der Waals surface area contributed by atoms with Gasteiger partial charge in [0, 0.05) is 19.5 Å². The van der Waals surface area contributed by atoms with Gasteiger partial charge in [-0.2, -0.15) is 0 Å². The highest BCUT2D eigenvalue weighted by atomic mass is 16.5. The number of esters is 1. The van der Waals surface area contributed by atoms with E-state index in [-0.39, 0.29) is 17.8 Å². The van der Waals surface area contributed by atoms with E-state index in [9.17, 15) is 9.59 Å². The second-order valence-corrected chi connectivity index (χ2v) is 6.49. The molecule has 0 N–H and O–H groups in total. The van der Waals surface area contributed by atoms with Crippen LogP contribution >= 0.6 is 0 Å². The number of carbonyl (C=O) groups excluding carboxylic acids is 2. The van der Waals surface area contributed by atoms with Crippen LogP contribution in [-0.2, 0) is 27.2 Å². The molecule has 0 aliphatic rings. The molecule has 0 aliphatic heterocycles. The molecular formula is C22H27NO3. The summed E-state index contributed by atoms with van der Waals surface area (Å²) in [5.41, 5.74) is 2.32. The van der Waals surface area contributed by atoms with E-state index in [4.69, 9.17) is 4.74 Å². The number of carbonyl (C=O) groups is 2. The first-order valence-corrected chi connectivity index (χ1v) is 9.03. The third-order valence-electron chi connectivity index (χ3n) is 4.43. The van der Waals surface area contributed by atoms with Crippen LogP contribution in [0.15, 0.2) is 60.7 Å². The summed E-state index contributed by atoms with van der Waals surface area (Å²) in [5.74, 6) is -0.553. The number of hydrogen-bond acceptors (Lipinski definition) is 3. The van der Waals surface area contributed by atoms with E-state index in [2.05, 4.69) is 12.1 Å². The molecule has 138 valence electrons. The predicted octanol–water partition coefficient (Wildman–Crippen LogP) is 3.50. The molecule has 2 rings (SSSR count). The molecular weight excluding hydrogens is 326 g/mol. The summed E-state index contributed by atoms with van der Waals surface area (Å²) in [5, 5.41) is 0. The van der Waals surface area contributed by atoms with Gasteiger partial charge in [-0.05, 0) is 24.0 Å². The summed E-state index contributed by atoms with van der Waals surface area (Å²) in [4.78, 5) is 26.3. The van der Waals surface area contributed by atoms with E-state index >= 15 is 0 Å². The Balaban J connectivity index is 1.98. The van der Waals surface area contributed by atoms with Gasteiger partial charge in [0.1, 0.15) is 0 Å². The fraction of sp³-hybridized carbons (Fsp3) is 0.364. The minimum Gasteiger partial charge on any atom is -0.469 e. The molecule has 0 heterocycles. The average molecular weight is 353 g/mol. The summed E-state index contributed by atoms with van der Waals surface area (Å²) >= 11 is 0. The Morgan fingerprint density at radius 3 is 2.00 bits per heavy atom. The maximum atomic E-state index is 12.8. The van der Waals surface area contributed by atoms with Crippen molar-refractivity contribution in [3.05, 3.63) is 71.8 Å². The van der Waals surface area contributed by atoms with Crippen molar-refractivity contribution in [3.8, 4) is 0 Å². The van der Waals surface area contributed by atoms with E-state index in [0.29, 0.717) is 25.9 Å². The number of aryl methyl sites for hydroxylation is 1. The largest absolute Gasteiger partial charge is 0.469 e. The molecule has 0 fully saturated rings. The highest BCUT2D eigenvalue weighted by Crippen LogP contribution is 2.10. The molecule has 0 bridgehead atoms. The van der Waals surface area contributed by atoms with Crippen LogP contribution in [0.25, 0.3) is 0 Å². The van der Waals surface area contributed by atoms with Gasteiger partial charge < -0.3 is 9.64 Å². The molecule has 0 saturated carbocycles. The van der Waals surface area contributed by atoms with E-state index in [1.165, 1.54) is 12.7 Å². The van der Waals surface area contributed by atoms with Gasteiger partial charge in [-0.25, -0.2) is 0 Å². The van der Waals surface area contributed by atoms with Gasteiger partial charge in [-0.15, -0.1) is 0 Å². The van der Waals surface area contributed by atoms with E-state index in [1.807, 2.05) is 48.5 Å². The summed E-state index contributed by atoms with van der Waals surface area (Å²) in [6, 6.07) is 20.0. The Morgan fingerprint density at radius 2 is 1.46 bits per heavy atom. The predicted molar refractivity (Wildman–Crippen MR) is 103 cm³/mol. The van der Waals surface area contributed by atoms with Crippen molar-refractivity contribution in [1.29, 1.82) is 0 Å². The quantitative estimate of drug-likeness (QED) is 0.648. The summed E-state index contributed by atoms with van der Waals surface area (Å²) in [6.07, 6.45) is 1.91. The minimum absolute atomic E-state index is 0.0699. The van der Waals surface area contributed by atoms with Crippen LogP contribution in [-0.4, -0.2) is 37.0 Å². The van der Waals surface area contributed by atoms with Gasteiger partial charge in [0.2, 0.25) is 5.91 Å². The van der Waals surface area contributed by atoms with E-state index in [1.54, 1.807) is 11.8 Å². The zero-order chi connectivity index (χ0) is 18.8. The SMILES string of the molecule is COC(=O)C(C)CN(CCc1ccccc1)C(=O)CCc1ccccc1. The van der Waals surface area contributed by atoms with Gasteiger partial charge in [0.25, 0.3) is 0 Å². The fourth-order valence-corrected chi connectivity index (χ4v) is 2.89. The van der Waals surface area contributed by atoms with Crippen LogP contribution in [0.3, 0.4) is 0 Å². The third kappa shape index (κ3) is 6.36. The third-order valence-corrected chi connectivity index (χ3v) is 4.43. The van der Waals surface area contributed by atoms with Crippen LogP contribution < -0.4 is 0 Å². The maximum Gasteiger partial charge on any atom is 0.310 e. The standard InChI is InChI=1S/C22H27NO3/c1-18(22(25)26-2)17-23(16-15-20-11-7-4-8-12-20)21(24)14-13-19-9-5-3-6-10-19/h3-12,18H,13-17H2,1-2H3. The van der Waals surface area contributed by atoms with Crippen LogP contribution in [0.4, 0.5) is 0 Å². The molecule has 4 heteroatoms. The van der Waals surface area contributed by atoms with Crippen molar-refractivity contribution >= 4 is 11.9 Å². The number of amides is 1. The van der Waals surface area contributed by atoms with Crippen LogP contribution in [0.2, 0.25) is 0 Å². The molecule has 0 aliphatic carbocycles. The average Bonchev–Trinajstić information content (AvgIpc) is 2.70. The monoisotopic (exact) mass is 353 g/mol. The first kappa shape index (κ1) is 19.7. The molecule has 0 radical (unpaired) electrons. The number of hydrogen-bond donors (Lipinski definition) is 0. The summed E-state index contributed by atoms with van der Waals surface area (Å²) < 4.78 is 4.81. The van der Waals surface area contributed by atoms with E-state index in [0.717, 1.165) is 12.0 Å². The second kappa shape index (κ2) is 10.4. The summed E-state index contributed by atoms with van der Waals surface area (Å²) in [6.45, 7) is 2.78. The topological polar surface area (TPSA) is 46.6 Å². The normalized spacial score (nSPS) is 11.6. The lowest BCUT2D eigenvalue weighted by molar-refractivity contribution is -0.146. The highest BCUT2D eigenvalue weighted by molar-refractivity contribution is 5.78. The lowest BCUT2D eigenvalue weighted by Gasteiger charge is -2.25. The molecule has 1 unspecified atom stereocenters. The number of ether oxygens (including phenoxy) is 1. The van der Waals surface area contributed by atoms with Crippen molar-refractivity contribution in [2.75, 3.05) is 20.2 Å². The van der Waals surface area contributed by atoms with Crippen molar-refractivity contribution < 1.29 is 14.3 Å². The van der Waals surface area contributed by atoms with Crippen LogP contribution in [0.5, 0.6) is 0 Å². The Bertz CT molecular complexity index is 685. The molecule has 26 heavy (non-hydrogen) atoms. The molecule has 4 nitrogen and oxygen atoms in total. The molecule has 1 amide bonds. The Kier molecular flexibility index (Phi) is 7.87. The number of nitrogens with zero attached hydrogens (tertiary/aromatic N) is 1. The first-order chi connectivity index (χ1) is 12.6.